The highest BCUT2D eigenvalue weighted by atomic mass is 16.1. The zero-order valence-electron chi connectivity index (χ0n) is 9.08. The first-order valence-electron chi connectivity index (χ1n) is 5.45. The van der Waals surface area contributed by atoms with Gasteiger partial charge in [-0.15, -0.1) is 0 Å². The molecule has 0 saturated heterocycles. The number of Topliss-reactive ketones (excluding diaryl/α,β-unsaturated/α-hetero) is 1. The van der Waals surface area contributed by atoms with E-state index in [9.17, 15) is 4.79 Å². The predicted molar refractivity (Wildman–Crippen MR) is 64.5 cm³/mol. The maximum Gasteiger partial charge on any atom is 0.193 e. The summed E-state index contributed by atoms with van der Waals surface area (Å²) in [5, 5.41) is 8.09. The Hall–Kier alpha value is -2.29. The molecule has 3 rings (SSSR count). The van der Waals surface area contributed by atoms with E-state index < -0.39 is 6.04 Å². The van der Waals surface area contributed by atoms with E-state index in [1.54, 1.807) is 12.1 Å². The van der Waals surface area contributed by atoms with Crippen molar-refractivity contribution in [1.29, 1.82) is 0 Å². The second-order valence-electron chi connectivity index (χ2n) is 3.91. The van der Waals surface area contributed by atoms with Crippen LogP contribution in [0.2, 0.25) is 0 Å². The molecule has 1 heterocycles. The van der Waals surface area contributed by atoms with Gasteiger partial charge in [-0.2, -0.15) is 10.2 Å². The van der Waals surface area contributed by atoms with Gasteiger partial charge in [0.25, 0.3) is 0 Å². The first kappa shape index (κ1) is 9.90. The summed E-state index contributed by atoms with van der Waals surface area (Å²) >= 11 is 0. The van der Waals surface area contributed by atoms with Crippen molar-refractivity contribution in [2.45, 2.75) is 6.04 Å². The van der Waals surface area contributed by atoms with Crippen molar-refractivity contribution in [1.82, 2.24) is 0 Å². The van der Waals surface area contributed by atoms with E-state index >= 15 is 0 Å². The Labute approximate surface area is 98.8 Å². The van der Waals surface area contributed by atoms with Crippen molar-refractivity contribution in [2.24, 2.45) is 10.2 Å². The summed E-state index contributed by atoms with van der Waals surface area (Å²) in [5.41, 5.74) is 2.36. The molecule has 0 bridgehead atoms. The smallest absolute Gasteiger partial charge is 0.193 e. The summed E-state index contributed by atoms with van der Waals surface area (Å²) in [5.74, 6) is -0.000648. The van der Waals surface area contributed by atoms with Crippen molar-refractivity contribution in [3.63, 3.8) is 0 Å². The molecule has 2 aromatic carbocycles. The van der Waals surface area contributed by atoms with Crippen molar-refractivity contribution in [3.05, 3.63) is 65.7 Å². The quantitative estimate of drug-likeness (QED) is 0.714. The second-order valence-corrected chi connectivity index (χ2v) is 3.91. The Kier molecular flexibility index (Phi) is 2.29. The lowest BCUT2D eigenvalue weighted by molar-refractivity contribution is 0.0962. The lowest BCUT2D eigenvalue weighted by atomic mass is 9.98. The fourth-order valence-corrected chi connectivity index (χ4v) is 1.95. The number of benzene rings is 2. The van der Waals surface area contributed by atoms with E-state index in [1.165, 1.54) is 0 Å². The van der Waals surface area contributed by atoms with Crippen LogP contribution in [0.4, 0.5) is 5.69 Å². The lowest BCUT2D eigenvalue weighted by Crippen LogP contribution is -2.08. The predicted octanol–water partition coefficient (Wildman–Crippen LogP) is 3.71. The molecule has 82 valence electrons. The number of hydrogen-bond donors (Lipinski definition) is 0. The van der Waals surface area contributed by atoms with Crippen molar-refractivity contribution >= 4 is 11.5 Å². The molecule has 1 aliphatic rings. The molecule has 0 fully saturated rings. The summed E-state index contributed by atoms with van der Waals surface area (Å²) in [6, 6.07) is 16.3. The van der Waals surface area contributed by atoms with Crippen LogP contribution in [0.15, 0.2) is 64.8 Å². The van der Waals surface area contributed by atoms with E-state index in [2.05, 4.69) is 10.2 Å². The minimum absolute atomic E-state index is 0.000648. The number of hydrogen-bond acceptors (Lipinski definition) is 3. The van der Waals surface area contributed by atoms with Gasteiger partial charge in [0.1, 0.15) is 0 Å². The van der Waals surface area contributed by atoms with Gasteiger partial charge in [0.2, 0.25) is 0 Å². The number of azo groups is 1. The van der Waals surface area contributed by atoms with Crippen LogP contribution in [-0.4, -0.2) is 5.78 Å². The van der Waals surface area contributed by atoms with Crippen molar-refractivity contribution in [3.8, 4) is 0 Å². The number of rotatable bonds is 2. The summed E-state index contributed by atoms with van der Waals surface area (Å²) in [6.07, 6.45) is 0. The van der Waals surface area contributed by atoms with Crippen LogP contribution >= 0.6 is 0 Å². The molecule has 3 heteroatoms. The van der Waals surface area contributed by atoms with Crippen LogP contribution in [0.25, 0.3) is 0 Å². The summed E-state index contributed by atoms with van der Waals surface area (Å²) in [7, 11) is 0. The van der Waals surface area contributed by atoms with E-state index in [-0.39, 0.29) is 5.78 Å². The van der Waals surface area contributed by atoms with Crippen LogP contribution in [-0.2, 0) is 0 Å². The first-order chi connectivity index (χ1) is 8.36. The number of carbonyl (C=O) groups is 1. The Bertz CT molecular complexity index is 590. The van der Waals surface area contributed by atoms with Crippen LogP contribution in [0, 0.1) is 0 Å². The molecule has 0 N–H and O–H groups in total. The Balaban J connectivity index is 1.98. The Morgan fingerprint density at radius 2 is 1.65 bits per heavy atom. The maximum atomic E-state index is 12.3. The average molecular weight is 222 g/mol. The summed E-state index contributed by atoms with van der Waals surface area (Å²) < 4.78 is 0. The second kappa shape index (κ2) is 3.94. The fourth-order valence-electron chi connectivity index (χ4n) is 1.95. The molecule has 0 amide bonds. The molecule has 0 saturated carbocycles. The third kappa shape index (κ3) is 1.65. The number of fused-ring (bicyclic) bond motifs is 1. The molecule has 2 aromatic rings. The molecule has 17 heavy (non-hydrogen) atoms. The van der Waals surface area contributed by atoms with Crippen molar-refractivity contribution in [2.75, 3.05) is 0 Å². The van der Waals surface area contributed by atoms with Gasteiger partial charge in [0.15, 0.2) is 11.8 Å². The van der Waals surface area contributed by atoms with Gasteiger partial charge in [-0.3, -0.25) is 4.79 Å². The largest absolute Gasteiger partial charge is 0.291 e. The average Bonchev–Trinajstić information content (AvgIpc) is 2.83. The van der Waals surface area contributed by atoms with Gasteiger partial charge in [-0.25, -0.2) is 0 Å². The molecular formula is C14H10N2O. The minimum Gasteiger partial charge on any atom is -0.291 e. The van der Waals surface area contributed by atoms with E-state index in [1.807, 2.05) is 42.5 Å². The molecule has 1 atom stereocenters. The third-order valence-electron chi connectivity index (χ3n) is 2.82. The van der Waals surface area contributed by atoms with Gasteiger partial charge >= 0.3 is 0 Å². The van der Waals surface area contributed by atoms with Gasteiger partial charge in [-0.1, -0.05) is 48.5 Å². The minimum atomic E-state index is -0.478. The van der Waals surface area contributed by atoms with Gasteiger partial charge < -0.3 is 0 Å². The van der Waals surface area contributed by atoms with Crippen molar-refractivity contribution < 1.29 is 4.79 Å². The highest BCUT2D eigenvalue weighted by Gasteiger charge is 2.27. The summed E-state index contributed by atoms with van der Waals surface area (Å²) in [4.78, 5) is 12.3. The zero-order chi connectivity index (χ0) is 11.7. The molecule has 1 aliphatic heterocycles. The van der Waals surface area contributed by atoms with Crippen LogP contribution in [0.1, 0.15) is 22.0 Å². The number of carbonyl (C=O) groups excluding carboxylic acids is 1. The lowest BCUT2D eigenvalue weighted by Gasteiger charge is -2.06. The maximum absolute atomic E-state index is 12.3. The third-order valence-corrected chi connectivity index (χ3v) is 2.82. The first-order valence-corrected chi connectivity index (χ1v) is 5.45. The molecule has 3 nitrogen and oxygen atoms in total. The normalized spacial score (nSPS) is 16.8. The fraction of sp³-hybridized carbons (Fsp3) is 0.0714. The SMILES string of the molecule is O=C(c1ccccc1)[C@@H]1N=Nc2ccccc21. The van der Waals surface area contributed by atoms with E-state index in [4.69, 9.17) is 0 Å². The van der Waals surface area contributed by atoms with Crippen LogP contribution in [0.3, 0.4) is 0 Å². The molecule has 0 aliphatic carbocycles. The molecule has 0 aromatic heterocycles. The monoisotopic (exact) mass is 222 g/mol. The Morgan fingerprint density at radius 1 is 0.941 bits per heavy atom. The summed E-state index contributed by atoms with van der Waals surface area (Å²) in [6.45, 7) is 0. The van der Waals surface area contributed by atoms with Crippen LogP contribution in [0.5, 0.6) is 0 Å². The highest BCUT2D eigenvalue weighted by Crippen LogP contribution is 2.36. The Morgan fingerprint density at radius 3 is 2.47 bits per heavy atom. The van der Waals surface area contributed by atoms with Gasteiger partial charge in [-0.05, 0) is 6.07 Å². The zero-order valence-corrected chi connectivity index (χ0v) is 9.08. The topological polar surface area (TPSA) is 41.8 Å². The molecule has 0 radical (unpaired) electrons. The van der Waals surface area contributed by atoms with E-state index in [0.717, 1.165) is 11.3 Å². The standard InChI is InChI=1S/C14H10N2O/c17-14(10-6-2-1-3-7-10)13-11-8-4-5-9-12(11)15-16-13/h1-9,13H/t13-/m1/s1. The van der Waals surface area contributed by atoms with Gasteiger partial charge in [0.05, 0.1) is 5.69 Å². The van der Waals surface area contributed by atoms with E-state index in [0.29, 0.717) is 5.56 Å². The van der Waals surface area contributed by atoms with Gasteiger partial charge in [0, 0.05) is 11.1 Å². The molecular weight excluding hydrogens is 212 g/mol. The number of nitrogens with zero attached hydrogens (tertiary/aromatic N) is 2. The highest BCUT2D eigenvalue weighted by molar-refractivity contribution is 6.01. The number of ketones is 1. The molecule has 0 spiro atoms. The van der Waals surface area contributed by atoms with Crippen LogP contribution < -0.4 is 0 Å². The molecule has 0 unspecified atom stereocenters.